The van der Waals surface area contributed by atoms with Gasteiger partial charge in [0.2, 0.25) is 0 Å². The second kappa shape index (κ2) is 7.46. The Labute approximate surface area is 129 Å². The number of nitrogens with two attached hydrogens (primary N) is 1. The van der Waals surface area contributed by atoms with Crippen LogP contribution in [0, 0.1) is 5.82 Å². The van der Waals surface area contributed by atoms with Gasteiger partial charge in [0, 0.05) is 16.8 Å². The number of rotatable bonds is 7. The molecule has 0 saturated heterocycles. The summed E-state index contributed by atoms with van der Waals surface area (Å²) >= 11 is 6.13. The number of hydrogen-bond donors (Lipinski definition) is 2. The third kappa shape index (κ3) is 3.97. The Morgan fingerprint density at radius 2 is 2.00 bits per heavy atom. The Morgan fingerprint density at radius 3 is 2.71 bits per heavy atom. The van der Waals surface area contributed by atoms with Gasteiger partial charge in [-0.1, -0.05) is 44.2 Å². The number of nitrogens with one attached hydrogen (secondary N) is 1. The van der Waals surface area contributed by atoms with E-state index in [0.717, 1.165) is 29.7 Å². The predicted octanol–water partition coefficient (Wildman–Crippen LogP) is 4.96. The second-order valence-electron chi connectivity index (χ2n) is 5.25. The zero-order valence-corrected chi connectivity index (χ0v) is 13.0. The van der Waals surface area contributed by atoms with Crippen LogP contribution < -0.4 is 5.73 Å². The molecule has 0 saturated carbocycles. The van der Waals surface area contributed by atoms with Crippen LogP contribution >= 0.6 is 11.6 Å². The number of halogens is 2. The highest BCUT2D eigenvalue weighted by atomic mass is 35.5. The number of anilines is 1. The molecule has 1 aromatic carbocycles. The molecule has 0 amide bonds. The first-order valence-electron chi connectivity index (χ1n) is 7.41. The molecule has 0 bridgehead atoms. The Bertz CT molecular complexity index is 595. The highest BCUT2D eigenvalue weighted by Crippen LogP contribution is 2.34. The number of hydrogen-bond acceptors (Lipinski definition) is 2. The lowest BCUT2D eigenvalue weighted by atomic mass is 10.0. The van der Waals surface area contributed by atoms with Crippen molar-refractivity contribution in [3.05, 3.63) is 34.7 Å². The molecule has 1 aromatic heterocycles. The maximum atomic E-state index is 13.2. The Kier molecular flexibility index (Phi) is 5.62. The lowest BCUT2D eigenvalue weighted by Crippen LogP contribution is -1.93. The van der Waals surface area contributed by atoms with E-state index in [9.17, 15) is 4.39 Å². The van der Waals surface area contributed by atoms with Crippen LogP contribution in [-0.2, 0) is 6.42 Å². The van der Waals surface area contributed by atoms with E-state index in [1.807, 2.05) is 0 Å². The van der Waals surface area contributed by atoms with Crippen LogP contribution in [0.5, 0.6) is 0 Å². The van der Waals surface area contributed by atoms with Crippen LogP contribution in [-0.4, -0.2) is 10.2 Å². The third-order valence-corrected chi connectivity index (χ3v) is 3.91. The molecule has 0 radical (unpaired) electrons. The van der Waals surface area contributed by atoms with E-state index < -0.39 is 0 Å². The van der Waals surface area contributed by atoms with E-state index >= 15 is 0 Å². The average Bonchev–Trinajstić information content (AvgIpc) is 2.80. The van der Waals surface area contributed by atoms with Crippen LogP contribution in [0.1, 0.15) is 44.7 Å². The molecule has 0 atom stereocenters. The molecule has 0 aliphatic carbocycles. The monoisotopic (exact) mass is 309 g/mol. The minimum Gasteiger partial charge on any atom is -0.382 e. The number of nitrogen functional groups attached to an aromatic ring is 1. The fourth-order valence-corrected chi connectivity index (χ4v) is 2.73. The number of unbranched alkanes of at least 4 members (excludes halogenated alkanes) is 4. The highest BCUT2D eigenvalue weighted by molar-refractivity contribution is 6.33. The number of aromatic amines is 1. The summed E-state index contributed by atoms with van der Waals surface area (Å²) in [7, 11) is 0. The van der Waals surface area contributed by atoms with Gasteiger partial charge in [-0.2, -0.15) is 5.10 Å². The maximum Gasteiger partial charge on any atom is 0.153 e. The molecule has 0 aliphatic heterocycles. The normalized spacial score (nSPS) is 11.0. The van der Waals surface area contributed by atoms with E-state index in [4.69, 9.17) is 17.3 Å². The van der Waals surface area contributed by atoms with Crippen LogP contribution in [0.3, 0.4) is 0 Å². The van der Waals surface area contributed by atoms with Crippen LogP contribution in [0.25, 0.3) is 11.1 Å². The molecule has 0 unspecified atom stereocenters. The second-order valence-corrected chi connectivity index (χ2v) is 5.66. The third-order valence-electron chi connectivity index (χ3n) is 3.60. The molecular weight excluding hydrogens is 289 g/mol. The van der Waals surface area contributed by atoms with Gasteiger partial charge in [-0.15, -0.1) is 0 Å². The summed E-state index contributed by atoms with van der Waals surface area (Å²) < 4.78 is 13.2. The molecule has 5 heteroatoms. The van der Waals surface area contributed by atoms with Gasteiger partial charge in [0.25, 0.3) is 0 Å². The van der Waals surface area contributed by atoms with Crippen molar-refractivity contribution >= 4 is 17.4 Å². The molecule has 21 heavy (non-hydrogen) atoms. The molecule has 2 aromatic rings. The molecule has 114 valence electrons. The summed E-state index contributed by atoms with van der Waals surface area (Å²) in [6, 6.07) is 4.34. The quantitative estimate of drug-likeness (QED) is 0.710. The van der Waals surface area contributed by atoms with E-state index in [1.165, 1.54) is 37.8 Å². The first-order valence-corrected chi connectivity index (χ1v) is 7.79. The van der Waals surface area contributed by atoms with Crippen LogP contribution in [0.2, 0.25) is 5.02 Å². The first kappa shape index (κ1) is 15.8. The zero-order chi connectivity index (χ0) is 15.2. The minimum absolute atomic E-state index is 0.355. The van der Waals surface area contributed by atoms with E-state index in [0.29, 0.717) is 10.8 Å². The van der Waals surface area contributed by atoms with Crippen molar-refractivity contribution in [1.29, 1.82) is 0 Å². The van der Waals surface area contributed by atoms with Gasteiger partial charge >= 0.3 is 0 Å². The Morgan fingerprint density at radius 1 is 1.24 bits per heavy atom. The smallest absolute Gasteiger partial charge is 0.153 e. The molecule has 2 rings (SSSR count). The molecule has 1 heterocycles. The van der Waals surface area contributed by atoms with Crippen molar-refractivity contribution in [2.45, 2.75) is 45.4 Å². The predicted molar refractivity (Wildman–Crippen MR) is 85.9 cm³/mol. The summed E-state index contributed by atoms with van der Waals surface area (Å²) in [5.41, 5.74) is 8.44. The van der Waals surface area contributed by atoms with E-state index in [2.05, 4.69) is 17.1 Å². The number of H-pyrrole nitrogens is 1. The largest absolute Gasteiger partial charge is 0.382 e. The molecule has 0 fully saturated rings. The lowest BCUT2D eigenvalue weighted by Gasteiger charge is -2.07. The van der Waals surface area contributed by atoms with Crippen LogP contribution in [0.4, 0.5) is 10.2 Å². The summed E-state index contributed by atoms with van der Waals surface area (Å²) in [5, 5.41) is 7.41. The minimum atomic E-state index is -0.355. The van der Waals surface area contributed by atoms with Crippen molar-refractivity contribution in [2.24, 2.45) is 0 Å². The summed E-state index contributed by atoms with van der Waals surface area (Å²) in [4.78, 5) is 0. The number of aryl methyl sites for hydroxylation is 1. The fourth-order valence-electron chi connectivity index (χ4n) is 2.47. The van der Waals surface area contributed by atoms with Crippen molar-refractivity contribution in [2.75, 3.05) is 5.73 Å². The van der Waals surface area contributed by atoms with Gasteiger partial charge in [0.15, 0.2) is 5.82 Å². The lowest BCUT2D eigenvalue weighted by molar-refractivity contribution is 0.627. The molecule has 0 aliphatic rings. The fraction of sp³-hybridized carbons (Fsp3) is 0.438. The average molecular weight is 310 g/mol. The van der Waals surface area contributed by atoms with Crippen molar-refractivity contribution in [3.63, 3.8) is 0 Å². The standard InChI is InChI=1S/C16H21ClFN3/c1-2-3-4-5-6-7-14-15(16(19)21-20-14)12-9-8-11(18)10-13(12)17/h8-10H,2-7H2,1H3,(H3,19,20,21). The van der Waals surface area contributed by atoms with Gasteiger partial charge in [0.1, 0.15) is 5.82 Å². The van der Waals surface area contributed by atoms with E-state index in [1.54, 1.807) is 6.07 Å². The van der Waals surface area contributed by atoms with Crippen molar-refractivity contribution in [3.8, 4) is 11.1 Å². The van der Waals surface area contributed by atoms with Gasteiger partial charge in [-0.05, 0) is 31.0 Å². The zero-order valence-electron chi connectivity index (χ0n) is 12.3. The maximum absolute atomic E-state index is 13.2. The summed E-state index contributed by atoms with van der Waals surface area (Å²) in [6.07, 6.45) is 6.87. The SMILES string of the molecule is CCCCCCCc1[nH]nc(N)c1-c1ccc(F)cc1Cl. The van der Waals surface area contributed by atoms with Crippen LogP contribution in [0.15, 0.2) is 18.2 Å². The molecule has 0 spiro atoms. The molecule has 3 nitrogen and oxygen atoms in total. The van der Waals surface area contributed by atoms with Crippen molar-refractivity contribution in [1.82, 2.24) is 10.2 Å². The molecule has 3 N–H and O–H groups in total. The number of aromatic nitrogens is 2. The number of nitrogens with zero attached hydrogens (tertiary/aromatic N) is 1. The van der Waals surface area contributed by atoms with Gasteiger partial charge in [-0.25, -0.2) is 4.39 Å². The van der Waals surface area contributed by atoms with Gasteiger partial charge in [0.05, 0.1) is 5.02 Å². The summed E-state index contributed by atoms with van der Waals surface area (Å²) in [5.74, 6) is 0.0546. The molecular formula is C16H21ClFN3. The Hall–Kier alpha value is -1.55. The number of benzene rings is 1. The van der Waals surface area contributed by atoms with E-state index in [-0.39, 0.29) is 5.82 Å². The van der Waals surface area contributed by atoms with Gasteiger partial charge in [-0.3, -0.25) is 5.10 Å². The highest BCUT2D eigenvalue weighted by Gasteiger charge is 2.15. The topological polar surface area (TPSA) is 54.7 Å². The summed E-state index contributed by atoms with van der Waals surface area (Å²) in [6.45, 7) is 2.20. The Balaban J connectivity index is 2.14. The van der Waals surface area contributed by atoms with Gasteiger partial charge < -0.3 is 5.73 Å². The first-order chi connectivity index (χ1) is 10.1. The van der Waals surface area contributed by atoms with Crippen molar-refractivity contribution < 1.29 is 4.39 Å².